The van der Waals surface area contributed by atoms with Gasteiger partial charge in [-0.05, 0) is 43.7 Å². The number of nitro groups is 1. The first kappa shape index (κ1) is 19.0. The van der Waals surface area contributed by atoms with Gasteiger partial charge >= 0.3 is 6.03 Å². The average molecular weight is 383 g/mol. The first-order chi connectivity index (χ1) is 13.1. The van der Waals surface area contributed by atoms with E-state index in [9.17, 15) is 24.5 Å². The number of carbonyl (C=O) groups is 3. The molecule has 0 spiro atoms. The summed E-state index contributed by atoms with van der Waals surface area (Å²) in [5.74, 6) is -0.740. The van der Waals surface area contributed by atoms with Crippen LogP contribution in [-0.2, 0) is 9.59 Å². The maximum atomic E-state index is 12.3. The number of carbonyl (C=O) groups excluding carboxylic acids is 3. The van der Waals surface area contributed by atoms with Gasteiger partial charge in [0.2, 0.25) is 0 Å². The highest BCUT2D eigenvalue weighted by atomic mass is 16.6. The second-order valence-corrected chi connectivity index (χ2v) is 6.41. The molecule has 4 amide bonds. The molecule has 1 saturated heterocycles. The Kier molecular flexibility index (Phi) is 4.60. The fourth-order valence-electron chi connectivity index (χ4n) is 2.96. The van der Waals surface area contributed by atoms with Crippen molar-refractivity contribution < 1.29 is 23.7 Å². The molecule has 1 fully saturated rings. The zero-order chi connectivity index (χ0) is 20.7. The van der Waals surface area contributed by atoms with Crippen LogP contribution >= 0.6 is 0 Å². The fraction of sp³-hybridized carbons (Fsp3) is 0.211. The first-order valence-electron chi connectivity index (χ1n) is 8.30. The fourth-order valence-corrected chi connectivity index (χ4v) is 2.96. The van der Waals surface area contributed by atoms with Gasteiger partial charge in [-0.1, -0.05) is 0 Å². The summed E-state index contributed by atoms with van der Waals surface area (Å²) in [6.07, 6.45) is 1.28. The topological polar surface area (TPSA) is 114 Å². The summed E-state index contributed by atoms with van der Waals surface area (Å²) in [6, 6.07) is 5.52. The molecule has 1 aliphatic heterocycles. The van der Waals surface area contributed by atoms with Crippen molar-refractivity contribution in [2.75, 3.05) is 14.1 Å². The molecule has 144 valence electrons. The molecule has 28 heavy (non-hydrogen) atoms. The van der Waals surface area contributed by atoms with Crippen molar-refractivity contribution in [3.05, 3.63) is 56.8 Å². The van der Waals surface area contributed by atoms with Crippen molar-refractivity contribution in [2.24, 2.45) is 0 Å². The molecule has 0 radical (unpaired) electrons. The van der Waals surface area contributed by atoms with E-state index in [0.29, 0.717) is 22.5 Å². The summed E-state index contributed by atoms with van der Waals surface area (Å²) >= 11 is 0. The normalized spacial score (nSPS) is 14.7. The average Bonchev–Trinajstić information content (AvgIpc) is 3.12. The zero-order valence-electron chi connectivity index (χ0n) is 15.7. The number of amides is 4. The van der Waals surface area contributed by atoms with E-state index < -0.39 is 22.8 Å². The number of nitro benzene ring substituents is 1. The quantitative estimate of drug-likeness (QED) is 0.348. The maximum absolute atomic E-state index is 12.3. The Hall–Kier alpha value is -3.75. The lowest BCUT2D eigenvalue weighted by atomic mass is 10.00. The molecule has 1 aliphatic rings. The molecular weight excluding hydrogens is 366 g/mol. The maximum Gasteiger partial charge on any atom is 0.333 e. The minimum atomic E-state index is -0.714. The van der Waals surface area contributed by atoms with Crippen molar-refractivity contribution in [1.82, 2.24) is 9.80 Å². The lowest BCUT2D eigenvalue weighted by Gasteiger charge is -2.28. The van der Waals surface area contributed by atoms with Crippen LogP contribution in [0.4, 0.5) is 10.5 Å². The van der Waals surface area contributed by atoms with E-state index in [1.165, 1.54) is 26.2 Å². The van der Waals surface area contributed by atoms with E-state index in [0.717, 1.165) is 9.80 Å². The van der Waals surface area contributed by atoms with Gasteiger partial charge in [0.15, 0.2) is 0 Å². The van der Waals surface area contributed by atoms with Crippen molar-refractivity contribution in [3.8, 4) is 11.3 Å². The van der Waals surface area contributed by atoms with E-state index in [1.54, 1.807) is 32.0 Å². The Morgan fingerprint density at radius 1 is 0.964 bits per heavy atom. The van der Waals surface area contributed by atoms with Crippen LogP contribution in [0, 0.1) is 24.0 Å². The number of furan rings is 1. The Balaban J connectivity index is 1.99. The predicted molar refractivity (Wildman–Crippen MR) is 99.2 cm³/mol. The number of nitrogens with zero attached hydrogens (tertiary/aromatic N) is 3. The monoisotopic (exact) mass is 383 g/mol. The Labute approximate surface area is 160 Å². The van der Waals surface area contributed by atoms with Crippen LogP contribution in [0.15, 0.2) is 34.3 Å². The van der Waals surface area contributed by atoms with Gasteiger partial charge in [0.05, 0.1) is 4.92 Å². The molecular formula is C19H17N3O6. The van der Waals surface area contributed by atoms with Gasteiger partial charge < -0.3 is 4.42 Å². The van der Waals surface area contributed by atoms with E-state index in [2.05, 4.69) is 0 Å². The van der Waals surface area contributed by atoms with Gasteiger partial charge in [-0.3, -0.25) is 29.5 Å². The third-order valence-electron chi connectivity index (χ3n) is 4.78. The second-order valence-electron chi connectivity index (χ2n) is 6.41. The summed E-state index contributed by atoms with van der Waals surface area (Å²) in [4.78, 5) is 48.6. The van der Waals surface area contributed by atoms with Crippen LogP contribution < -0.4 is 0 Å². The van der Waals surface area contributed by atoms with Crippen molar-refractivity contribution in [3.63, 3.8) is 0 Å². The molecule has 3 rings (SSSR count). The highest BCUT2D eigenvalue weighted by Gasteiger charge is 2.38. The number of urea groups is 1. The number of barbiturate groups is 1. The molecule has 0 atom stereocenters. The Bertz CT molecular complexity index is 1040. The SMILES string of the molecule is Cc1c(-c2ccc(C=C3C(=O)N(C)C(=O)N(C)C3=O)o2)ccc([N+](=O)[O-])c1C. The van der Waals surface area contributed by atoms with Crippen LogP contribution in [-0.4, -0.2) is 46.7 Å². The van der Waals surface area contributed by atoms with Crippen LogP contribution in [0.3, 0.4) is 0 Å². The molecule has 0 saturated carbocycles. The minimum Gasteiger partial charge on any atom is -0.457 e. The second kappa shape index (κ2) is 6.76. The summed E-state index contributed by atoms with van der Waals surface area (Å²) in [5, 5.41) is 11.1. The molecule has 0 aliphatic carbocycles. The lowest BCUT2D eigenvalue weighted by Crippen LogP contribution is -2.52. The van der Waals surface area contributed by atoms with Gasteiger partial charge in [-0.25, -0.2) is 4.79 Å². The Morgan fingerprint density at radius 3 is 2.14 bits per heavy atom. The van der Waals surface area contributed by atoms with E-state index in [4.69, 9.17) is 4.42 Å². The minimum absolute atomic E-state index is 0.0179. The molecule has 2 aromatic rings. The number of likely N-dealkylation sites (N-methyl/N-ethyl adjacent to an activating group) is 2. The largest absolute Gasteiger partial charge is 0.457 e. The standard InChI is InChI=1S/C19H17N3O6/c1-10-11(2)15(22(26)27)7-6-13(10)16-8-5-12(28-16)9-14-17(23)20(3)19(25)21(4)18(14)24/h5-9H,1-4H3. The third-order valence-corrected chi connectivity index (χ3v) is 4.78. The molecule has 0 unspecified atom stereocenters. The zero-order valence-corrected chi connectivity index (χ0v) is 15.7. The van der Waals surface area contributed by atoms with Crippen LogP contribution in [0.5, 0.6) is 0 Å². The van der Waals surface area contributed by atoms with Gasteiger partial charge in [0.25, 0.3) is 17.5 Å². The number of imide groups is 2. The smallest absolute Gasteiger partial charge is 0.333 e. The molecule has 9 heteroatoms. The summed E-state index contributed by atoms with van der Waals surface area (Å²) in [5.41, 5.74) is 1.71. The lowest BCUT2D eigenvalue weighted by molar-refractivity contribution is -0.385. The summed E-state index contributed by atoms with van der Waals surface area (Å²) < 4.78 is 5.73. The van der Waals surface area contributed by atoms with Crippen molar-refractivity contribution in [1.29, 1.82) is 0 Å². The highest BCUT2D eigenvalue weighted by Crippen LogP contribution is 2.32. The number of rotatable bonds is 3. The van der Waals surface area contributed by atoms with Crippen molar-refractivity contribution in [2.45, 2.75) is 13.8 Å². The number of hydrogen-bond donors (Lipinski definition) is 0. The summed E-state index contributed by atoms with van der Waals surface area (Å²) in [7, 11) is 2.58. The van der Waals surface area contributed by atoms with Gasteiger partial charge in [0.1, 0.15) is 17.1 Å². The van der Waals surface area contributed by atoms with Gasteiger partial charge in [0, 0.05) is 31.3 Å². The van der Waals surface area contributed by atoms with E-state index in [-0.39, 0.29) is 17.0 Å². The third kappa shape index (κ3) is 2.96. The van der Waals surface area contributed by atoms with Crippen LogP contribution in [0.1, 0.15) is 16.9 Å². The molecule has 9 nitrogen and oxygen atoms in total. The van der Waals surface area contributed by atoms with Crippen LogP contribution in [0.25, 0.3) is 17.4 Å². The van der Waals surface area contributed by atoms with E-state index >= 15 is 0 Å². The molecule has 0 bridgehead atoms. The predicted octanol–water partition coefficient (Wildman–Crippen LogP) is 2.91. The highest BCUT2D eigenvalue weighted by molar-refractivity contribution is 6.30. The van der Waals surface area contributed by atoms with E-state index in [1.807, 2.05) is 0 Å². The van der Waals surface area contributed by atoms with Crippen LogP contribution in [0.2, 0.25) is 0 Å². The molecule has 2 heterocycles. The van der Waals surface area contributed by atoms with Gasteiger partial charge in [-0.2, -0.15) is 0 Å². The number of hydrogen-bond acceptors (Lipinski definition) is 6. The first-order valence-corrected chi connectivity index (χ1v) is 8.30. The number of benzene rings is 1. The Morgan fingerprint density at radius 2 is 1.57 bits per heavy atom. The molecule has 1 aromatic carbocycles. The van der Waals surface area contributed by atoms with Crippen molar-refractivity contribution >= 4 is 29.6 Å². The van der Waals surface area contributed by atoms with Gasteiger partial charge in [-0.15, -0.1) is 0 Å². The molecule has 1 aromatic heterocycles. The molecule has 0 N–H and O–H groups in total. The summed E-state index contributed by atoms with van der Waals surface area (Å²) in [6.45, 7) is 3.41.